The van der Waals surface area contributed by atoms with Gasteiger partial charge in [0.1, 0.15) is 6.54 Å². The lowest BCUT2D eigenvalue weighted by atomic mass is 10.4. The van der Waals surface area contributed by atoms with Crippen LogP contribution in [-0.2, 0) is 9.59 Å². The normalized spacial score (nSPS) is 10.3. The Morgan fingerprint density at radius 1 is 1.33 bits per heavy atom. The molecule has 0 bridgehead atoms. The summed E-state index contributed by atoms with van der Waals surface area (Å²) in [5.74, 6) is -1.05. The molecule has 0 aliphatic heterocycles. The molecule has 0 aliphatic rings. The quantitative estimate of drug-likeness (QED) is 0.649. The van der Waals surface area contributed by atoms with Gasteiger partial charge in [-0.25, -0.2) is 0 Å². The molecule has 0 spiro atoms. The molecule has 5 nitrogen and oxygen atoms in total. The first kappa shape index (κ1) is 13.5. The molecule has 86 valence electrons. The lowest BCUT2D eigenvalue weighted by Gasteiger charge is -2.17. The van der Waals surface area contributed by atoms with E-state index < -0.39 is 5.97 Å². The summed E-state index contributed by atoms with van der Waals surface area (Å²) in [7, 11) is 3.29. The fourth-order valence-electron chi connectivity index (χ4n) is 0.985. The van der Waals surface area contributed by atoms with Crippen LogP contribution in [0.3, 0.4) is 0 Å². The number of carboxylic acid groups (broad SMARTS) is 1. The van der Waals surface area contributed by atoms with Crippen molar-refractivity contribution in [1.29, 1.82) is 0 Å². The van der Waals surface area contributed by atoms with Crippen molar-refractivity contribution in [1.82, 2.24) is 9.80 Å². The molecule has 0 aliphatic carbocycles. The highest BCUT2D eigenvalue weighted by Gasteiger charge is 2.04. The van der Waals surface area contributed by atoms with Gasteiger partial charge in [0.25, 0.3) is 0 Å². The van der Waals surface area contributed by atoms with Crippen LogP contribution in [-0.4, -0.2) is 54.0 Å². The molecule has 5 heteroatoms. The fourth-order valence-corrected chi connectivity index (χ4v) is 0.985. The van der Waals surface area contributed by atoms with E-state index in [-0.39, 0.29) is 12.5 Å². The minimum absolute atomic E-state index is 0.0783. The molecule has 0 aromatic heterocycles. The minimum atomic E-state index is -0.898. The van der Waals surface area contributed by atoms with Crippen molar-refractivity contribution in [2.75, 3.05) is 27.2 Å². The van der Waals surface area contributed by atoms with Crippen LogP contribution in [0.25, 0.3) is 0 Å². The second kappa shape index (κ2) is 6.86. The van der Waals surface area contributed by atoms with Crippen molar-refractivity contribution in [3.63, 3.8) is 0 Å². The van der Waals surface area contributed by atoms with Crippen molar-refractivity contribution < 1.29 is 14.7 Å². The van der Waals surface area contributed by atoms with Crippen LogP contribution in [0.1, 0.15) is 13.3 Å². The summed E-state index contributed by atoms with van der Waals surface area (Å²) >= 11 is 0. The van der Waals surface area contributed by atoms with Gasteiger partial charge < -0.3 is 14.9 Å². The summed E-state index contributed by atoms with van der Waals surface area (Å²) < 4.78 is 0. The van der Waals surface area contributed by atoms with E-state index >= 15 is 0 Å². The van der Waals surface area contributed by atoms with Crippen LogP contribution < -0.4 is 0 Å². The molecule has 0 rings (SSSR count). The first-order chi connectivity index (χ1) is 6.97. The third-order valence-corrected chi connectivity index (χ3v) is 1.72. The summed E-state index contributed by atoms with van der Waals surface area (Å²) in [6.45, 7) is 2.50. The summed E-state index contributed by atoms with van der Waals surface area (Å²) in [5, 5.41) is 8.61. The topological polar surface area (TPSA) is 60.9 Å². The van der Waals surface area contributed by atoms with Gasteiger partial charge in [-0.05, 0) is 6.42 Å². The van der Waals surface area contributed by atoms with Gasteiger partial charge in [0.2, 0.25) is 5.91 Å². The van der Waals surface area contributed by atoms with Crippen molar-refractivity contribution in [2.45, 2.75) is 13.3 Å². The van der Waals surface area contributed by atoms with E-state index in [1.165, 1.54) is 17.2 Å². The second-order valence-corrected chi connectivity index (χ2v) is 3.41. The highest BCUT2D eigenvalue weighted by molar-refractivity contribution is 5.87. The fraction of sp³-hybridized carbons (Fsp3) is 0.600. The van der Waals surface area contributed by atoms with E-state index in [1.807, 2.05) is 6.92 Å². The maximum atomic E-state index is 11.2. The number of carbonyl (C=O) groups is 2. The van der Waals surface area contributed by atoms with E-state index in [9.17, 15) is 9.59 Å². The Kier molecular flexibility index (Phi) is 6.17. The molecule has 0 saturated carbocycles. The number of hydrogen-bond donors (Lipinski definition) is 1. The maximum Gasteiger partial charge on any atom is 0.323 e. The Hall–Kier alpha value is -1.52. The van der Waals surface area contributed by atoms with E-state index in [2.05, 4.69) is 0 Å². The summed E-state index contributed by atoms with van der Waals surface area (Å²) in [6.07, 6.45) is 3.74. The Labute approximate surface area is 90.0 Å². The number of aliphatic carboxylic acids is 1. The number of rotatable bonds is 6. The van der Waals surface area contributed by atoms with Crippen LogP contribution in [0.2, 0.25) is 0 Å². The largest absolute Gasteiger partial charge is 0.480 e. The molecular formula is C10H18N2O3. The van der Waals surface area contributed by atoms with Gasteiger partial charge in [-0.1, -0.05) is 6.92 Å². The van der Waals surface area contributed by atoms with Gasteiger partial charge in [0.15, 0.2) is 0 Å². The van der Waals surface area contributed by atoms with Crippen LogP contribution in [0.5, 0.6) is 0 Å². The third kappa shape index (κ3) is 6.54. The number of carboxylic acids is 1. The van der Waals surface area contributed by atoms with Gasteiger partial charge >= 0.3 is 5.97 Å². The van der Waals surface area contributed by atoms with Crippen molar-refractivity contribution >= 4 is 11.9 Å². The van der Waals surface area contributed by atoms with E-state index in [4.69, 9.17) is 5.11 Å². The Morgan fingerprint density at radius 3 is 2.33 bits per heavy atom. The van der Waals surface area contributed by atoms with E-state index in [1.54, 1.807) is 19.0 Å². The molecule has 0 radical (unpaired) electrons. The summed E-state index contributed by atoms with van der Waals surface area (Å²) in [4.78, 5) is 24.7. The zero-order valence-electron chi connectivity index (χ0n) is 9.43. The van der Waals surface area contributed by atoms with Crippen molar-refractivity contribution in [2.24, 2.45) is 0 Å². The average Bonchev–Trinajstić information content (AvgIpc) is 2.13. The molecule has 0 heterocycles. The molecule has 1 N–H and O–H groups in total. The van der Waals surface area contributed by atoms with Gasteiger partial charge in [-0.15, -0.1) is 0 Å². The van der Waals surface area contributed by atoms with Crippen LogP contribution >= 0.6 is 0 Å². The third-order valence-electron chi connectivity index (χ3n) is 1.72. The lowest BCUT2D eigenvalue weighted by Crippen LogP contribution is -2.27. The number of likely N-dealkylation sites (N-methyl/N-ethyl adjacent to an activating group) is 1. The van der Waals surface area contributed by atoms with Gasteiger partial charge in [-0.3, -0.25) is 9.59 Å². The van der Waals surface area contributed by atoms with E-state index in [0.717, 1.165) is 6.42 Å². The zero-order valence-corrected chi connectivity index (χ0v) is 9.43. The molecule has 15 heavy (non-hydrogen) atoms. The number of nitrogens with zero attached hydrogens (tertiary/aromatic N) is 2. The van der Waals surface area contributed by atoms with Crippen LogP contribution in [0.4, 0.5) is 0 Å². The summed E-state index contributed by atoms with van der Waals surface area (Å²) in [5.41, 5.74) is 0. The number of amides is 1. The van der Waals surface area contributed by atoms with Gasteiger partial charge in [0.05, 0.1) is 0 Å². The highest BCUT2D eigenvalue weighted by atomic mass is 16.4. The zero-order chi connectivity index (χ0) is 11.8. The molecule has 0 unspecified atom stereocenters. The van der Waals surface area contributed by atoms with Crippen molar-refractivity contribution in [3.8, 4) is 0 Å². The van der Waals surface area contributed by atoms with Gasteiger partial charge in [-0.2, -0.15) is 0 Å². The Balaban J connectivity index is 4.26. The predicted molar refractivity (Wildman–Crippen MR) is 57.3 cm³/mol. The number of hydrogen-bond acceptors (Lipinski definition) is 3. The molecule has 0 saturated heterocycles. The standard InChI is InChI=1S/C10H18N2O3/c1-4-6-12(8-10(14)15)7-5-9(13)11(2)3/h5,7H,4,6,8H2,1-3H3,(H,14,15). The van der Waals surface area contributed by atoms with Crippen molar-refractivity contribution in [3.05, 3.63) is 12.3 Å². The van der Waals surface area contributed by atoms with Crippen LogP contribution in [0, 0.1) is 0 Å². The Bertz CT molecular complexity index is 249. The number of carbonyl (C=O) groups excluding carboxylic acids is 1. The molecule has 0 atom stereocenters. The lowest BCUT2D eigenvalue weighted by molar-refractivity contribution is -0.137. The summed E-state index contributed by atoms with van der Waals surface area (Å²) in [6, 6.07) is 0. The van der Waals surface area contributed by atoms with Gasteiger partial charge in [0, 0.05) is 32.9 Å². The minimum Gasteiger partial charge on any atom is -0.480 e. The first-order valence-electron chi connectivity index (χ1n) is 4.82. The SMILES string of the molecule is CCCN(C=CC(=O)N(C)C)CC(=O)O. The molecule has 0 aromatic rings. The Morgan fingerprint density at radius 2 is 1.93 bits per heavy atom. The molecule has 0 fully saturated rings. The maximum absolute atomic E-state index is 11.2. The average molecular weight is 214 g/mol. The monoisotopic (exact) mass is 214 g/mol. The molecule has 0 aromatic carbocycles. The second-order valence-electron chi connectivity index (χ2n) is 3.41. The first-order valence-corrected chi connectivity index (χ1v) is 4.82. The van der Waals surface area contributed by atoms with E-state index in [0.29, 0.717) is 6.54 Å². The predicted octanol–water partition coefficient (Wildman–Crippen LogP) is 0.385. The molecule has 1 amide bonds. The van der Waals surface area contributed by atoms with Crippen LogP contribution in [0.15, 0.2) is 12.3 Å². The molecular weight excluding hydrogens is 196 g/mol. The highest BCUT2D eigenvalue weighted by Crippen LogP contribution is 1.94. The smallest absolute Gasteiger partial charge is 0.323 e.